The fraction of sp³-hybridized carbons (Fsp3) is 0.909. The zero-order valence-corrected chi connectivity index (χ0v) is 16.0. The lowest BCUT2D eigenvalue weighted by Gasteiger charge is -2.40. The van der Waals surface area contributed by atoms with Crippen molar-refractivity contribution >= 4 is 0 Å². The molecule has 0 aromatic heterocycles. The summed E-state index contributed by atoms with van der Waals surface area (Å²) in [5, 5.41) is 0. The van der Waals surface area contributed by atoms with Crippen molar-refractivity contribution in [3.05, 3.63) is 11.8 Å². The van der Waals surface area contributed by atoms with Crippen molar-refractivity contribution in [2.45, 2.75) is 90.1 Å². The molecule has 3 rings (SSSR count). The van der Waals surface area contributed by atoms with E-state index < -0.39 is 0 Å². The molecule has 0 aromatic rings. The fourth-order valence-corrected chi connectivity index (χ4v) is 5.82. The summed E-state index contributed by atoms with van der Waals surface area (Å²) >= 11 is 0. The second-order valence-electron chi connectivity index (χ2n) is 8.52. The van der Waals surface area contributed by atoms with E-state index in [4.69, 9.17) is 9.47 Å². The topological polar surface area (TPSA) is 18.5 Å². The minimum Gasteiger partial charge on any atom is -0.504 e. The zero-order valence-electron chi connectivity index (χ0n) is 16.0. The Bertz CT molecular complexity index is 377. The number of ether oxygens (including phenoxy) is 2. The largest absolute Gasteiger partial charge is 0.504 e. The van der Waals surface area contributed by atoms with Crippen molar-refractivity contribution in [2.24, 2.45) is 23.7 Å². The fourth-order valence-electron chi connectivity index (χ4n) is 5.82. The SMILES string of the molecule is CCOC1CCC(C2CCC(C3CCC(=COC)CC3)CC2)CC1. The highest BCUT2D eigenvalue weighted by molar-refractivity contribution is 5.02. The summed E-state index contributed by atoms with van der Waals surface area (Å²) in [4.78, 5) is 0. The van der Waals surface area contributed by atoms with Crippen molar-refractivity contribution in [1.82, 2.24) is 0 Å². The van der Waals surface area contributed by atoms with Gasteiger partial charge in [0.1, 0.15) is 0 Å². The van der Waals surface area contributed by atoms with Gasteiger partial charge >= 0.3 is 0 Å². The Morgan fingerprint density at radius 1 is 0.750 bits per heavy atom. The van der Waals surface area contributed by atoms with Crippen LogP contribution in [-0.2, 0) is 9.47 Å². The number of methoxy groups -OCH3 is 1. The van der Waals surface area contributed by atoms with Gasteiger partial charge < -0.3 is 9.47 Å². The van der Waals surface area contributed by atoms with E-state index in [1.54, 1.807) is 7.11 Å². The lowest BCUT2D eigenvalue weighted by atomic mass is 9.66. The summed E-state index contributed by atoms with van der Waals surface area (Å²) in [5.41, 5.74) is 1.54. The Balaban J connectivity index is 1.38. The quantitative estimate of drug-likeness (QED) is 0.565. The molecular formula is C22H38O2. The van der Waals surface area contributed by atoms with Crippen LogP contribution in [0.5, 0.6) is 0 Å². The third-order valence-electron chi connectivity index (χ3n) is 7.23. The molecule has 0 aromatic carbocycles. The first-order chi connectivity index (χ1) is 11.8. The van der Waals surface area contributed by atoms with Gasteiger partial charge in [-0.2, -0.15) is 0 Å². The minimum atomic E-state index is 0.569. The first-order valence-electron chi connectivity index (χ1n) is 10.6. The lowest BCUT2D eigenvalue weighted by molar-refractivity contribution is 0.0120. The van der Waals surface area contributed by atoms with E-state index in [-0.39, 0.29) is 0 Å². The molecule has 2 heteroatoms. The third-order valence-corrected chi connectivity index (χ3v) is 7.23. The van der Waals surface area contributed by atoms with Gasteiger partial charge in [0.15, 0.2) is 0 Å². The lowest BCUT2D eigenvalue weighted by Crippen LogP contribution is -2.30. The molecule has 0 spiro atoms. The van der Waals surface area contributed by atoms with Gasteiger partial charge in [0.25, 0.3) is 0 Å². The van der Waals surface area contributed by atoms with Crippen LogP contribution in [0.3, 0.4) is 0 Å². The highest BCUT2D eigenvalue weighted by atomic mass is 16.5. The maximum absolute atomic E-state index is 5.83. The van der Waals surface area contributed by atoms with Crippen molar-refractivity contribution in [1.29, 1.82) is 0 Å². The summed E-state index contributed by atoms with van der Waals surface area (Å²) in [7, 11) is 1.78. The average Bonchev–Trinajstić information content (AvgIpc) is 2.64. The van der Waals surface area contributed by atoms with Gasteiger partial charge in [-0.3, -0.25) is 0 Å². The molecule has 3 fully saturated rings. The first-order valence-corrected chi connectivity index (χ1v) is 10.6. The van der Waals surface area contributed by atoms with Crippen LogP contribution in [0.25, 0.3) is 0 Å². The van der Waals surface area contributed by atoms with Crippen LogP contribution in [0.15, 0.2) is 11.8 Å². The van der Waals surface area contributed by atoms with Gasteiger partial charge in [0.05, 0.1) is 19.5 Å². The smallest absolute Gasteiger partial charge is 0.0816 e. The van der Waals surface area contributed by atoms with E-state index in [0.717, 1.165) is 30.3 Å². The van der Waals surface area contributed by atoms with Crippen molar-refractivity contribution in [3.63, 3.8) is 0 Å². The molecule has 138 valence electrons. The van der Waals surface area contributed by atoms with Crippen LogP contribution in [0, 0.1) is 23.7 Å². The van der Waals surface area contributed by atoms with Gasteiger partial charge in [-0.1, -0.05) is 0 Å². The van der Waals surface area contributed by atoms with E-state index in [9.17, 15) is 0 Å². The molecule has 0 amide bonds. The third kappa shape index (κ3) is 4.77. The van der Waals surface area contributed by atoms with Crippen LogP contribution >= 0.6 is 0 Å². The molecule has 0 heterocycles. The van der Waals surface area contributed by atoms with E-state index >= 15 is 0 Å². The van der Waals surface area contributed by atoms with E-state index in [0.29, 0.717) is 6.10 Å². The first kappa shape index (κ1) is 18.3. The molecule has 24 heavy (non-hydrogen) atoms. The Morgan fingerprint density at radius 2 is 1.21 bits per heavy atom. The minimum absolute atomic E-state index is 0.569. The van der Waals surface area contributed by atoms with Gasteiger partial charge in [-0.25, -0.2) is 0 Å². The monoisotopic (exact) mass is 334 g/mol. The Hall–Kier alpha value is -0.500. The van der Waals surface area contributed by atoms with Gasteiger partial charge in [0, 0.05) is 6.61 Å². The molecular weight excluding hydrogens is 296 g/mol. The Kier molecular flexibility index (Phi) is 7.06. The maximum atomic E-state index is 5.83. The van der Waals surface area contributed by atoms with Crippen LogP contribution in [0.2, 0.25) is 0 Å². The highest BCUT2D eigenvalue weighted by Crippen LogP contribution is 2.45. The standard InChI is InChI=1S/C22H38O2/c1-3-24-22-14-12-21(13-15-22)20-10-8-19(9-11-20)18-6-4-17(5-7-18)16-23-2/h16,18-22H,3-15H2,1-2H3. The molecule has 0 atom stereocenters. The number of hydrogen-bond donors (Lipinski definition) is 0. The molecule has 2 nitrogen and oxygen atoms in total. The molecule has 3 aliphatic carbocycles. The summed E-state index contributed by atoms with van der Waals surface area (Å²) in [6.45, 7) is 3.02. The predicted octanol–water partition coefficient (Wildman–Crippen LogP) is 6.11. The summed E-state index contributed by atoms with van der Waals surface area (Å²) in [6, 6.07) is 0. The molecule has 3 saturated carbocycles. The Labute approximate surface area is 149 Å². The number of allylic oxidation sites excluding steroid dienone is 1. The van der Waals surface area contributed by atoms with Gasteiger partial charge in [0.2, 0.25) is 0 Å². The summed E-state index contributed by atoms with van der Waals surface area (Å²) in [5.74, 6) is 4.04. The van der Waals surface area contributed by atoms with Crippen LogP contribution < -0.4 is 0 Å². The molecule has 3 aliphatic rings. The summed E-state index contributed by atoms with van der Waals surface area (Å²) < 4.78 is 11.0. The van der Waals surface area contributed by atoms with Crippen molar-refractivity contribution in [3.8, 4) is 0 Å². The molecule has 0 N–H and O–H groups in total. The Morgan fingerprint density at radius 3 is 1.67 bits per heavy atom. The molecule has 0 aliphatic heterocycles. The van der Waals surface area contributed by atoms with Crippen LogP contribution in [0.4, 0.5) is 0 Å². The maximum Gasteiger partial charge on any atom is 0.0816 e. The molecule has 0 unspecified atom stereocenters. The average molecular weight is 335 g/mol. The molecule has 0 radical (unpaired) electrons. The molecule has 0 saturated heterocycles. The van der Waals surface area contributed by atoms with E-state index in [2.05, 4.69) is 6.92 Å². The van der Waals surface area contributed by atoms with Crippen LogP contribution in [0.1, 0.15) is 84.0 Å². The van der Waals surface area contributed by atoms with Gasteiger partial charge in [-0.05, 0) is 113 Å². The second kappa shape index (κ2) is 9.27. The van der Waals surface area contributed by atoms with Crippen LogP contribution in [-0.4, -0.2) is 19.8 Å². The predicted molar refractivity (Wildman–Crippen MR) is 99.9 cm³/mol. The second-order valence-corrected chi connectivity index (χ2v) is 8.52. The van der Waals surface area contributed by atoms with E-state index in [1.165, 1.54) is 82.6 Å². The van der Waals surface area contributed by atoms with Crippen molar-refractivity contribution < 1.29 is 9.47 Å². The van der Waals surface area contributed by atoms with E-state index in [1.807, 2.05) is 6.26 Å². The normalized spacial score (nSPS) is 37.9. The van der Waals surface area contributed by atoms with Crippen molar-refractivity contribution in [2.75, 3.05) is 13.7 Å². The highest BCUT2D eigenvalue weighted by Gasteiger charge is 2.34. The zero-order chi connectivity index (χ0) is 16.8. The molecule has 0 bridgehead atoms. The van der Waals surface area contributed by atoms with Gasteiger partial charge in [-0.15, -0.1) is 0 Å². The number of rotatable bonds is 5. The summed E-state index contributed by atoms with van der Waals surface area (Å²) in [6.07, 6.45) is 19.4. The number of hydrogen-bond acceptors (Lipinski definition) is 2.